The summed E-state index contributed by atoms with van der Waals surface area (Å²) in [4.78, 5) is 2.26. The standard InChI is InChI=1S/C10H11ClNO/c11-9-2-1-3-10(8-9)12-4-6-13-7-5-12/h2-3,8H,4-7H2. The van der Waals surface area contributed by atoms with E-state index in [9.17, 15) is 0 Å². The first-order chi connectivity index (χ1) is 6.36. The van der Waals surface area contributed by atoms with E-state index in [1.807, 2.05) is 12.1 Å². The van der Waals surface area contributed by atoms with Gasteiger partial charge in [-0.2, -0.15) is 0 Å². The molecule has 0 aromatic heterocycles. The lowest BCUT2D eigenvalue weighted by Crippen LogP contribution is -2.36. The second-order valence-electron chi connectivity index (χ2n) is 3.01. The molecule has 1 aromatic carbocycles. The smallest absolute Gasteiger partial charge is 0.0642 e. The zero-order valence-corrected chi connectivity index (χ0v) is 8.05. The van der Waals surface area contributed by atoms with E-state index in [0.29, 0.717) is 0 Å². The van der Waals surface area contributed by atoms with E-state index in [1.165, 1.54) is 0 Å². The van der Waals surface area contributed by atoms with Gasteiger partial charge in [-0.05, 0) is 24.3 Å². The number of hydrogen-bond donors (Lipinski definition) is 0. The third-order valence-corrected chi connectivity index (χ3v) is 2.33. The van der Waals surface area contributed by atoms with E-state index in [4.69, 9.17) is 16.3 Å². The number of benzene rings is 1. The number of anilines is 1. The zero-order chi connectivity index (χ0) is 9.10. The monoisotopic (exact) mass is 196 g/mol. The maximum atomic E-state index is 5.87. The lowest BCUT2D eigenvalue weighted by Gasteiger charge is -2.28. The van der Waals surface area contributed by atoms with E-state index < -0.39 is 0 Å². The molecule has 1 aliphatic heterocycles. The molecule has 1 radical (unpaired) electrons. The van der Waals surface area contributed by atoms with Gasteiger partial charge in [0, 0.05) is 23.8 Å². The van der Waals surface area contributed by atoms with Gasteiger partial charge < -0.3 is 9.64 Å². The quantitative estimate of drug-likeness (QED) is 0.681. The van der Waals surface area contributed by atoms with Gasteiger partial charge in [0.1, 0.15) is 0 Å². The van der Waals surface area contributed by atoms with Gasteiger partial charge in [-0.15, -0.1) is 0 Å². The van der Waals surface area contributed by atoms with Crippen LogP contribution in [0, 0.1) is 6.07 Å². The Kier molecular flexibility index (Phi) is 2.71. The molecule has 1 aromatic rings. The molecule has 1 heterocycles. The fraction of sp³-hybridized carbons (Fsp3) is 0.400. The van der Waals surface area contributed by atoms with Crippen LogP contribution in [0.4, 0.5) is 5.69 Å². The lowest BCUT2D eigenvalue weighted by atomic mass is 10.2. The molecule has 2 nitrogen and oxygen atoms in total. The highest BCUT2D eigenvalue weighted by atomic mass is 35.5. The van der Waals surface area contributed by atoms with Gasteiger partial charge in [0.15, 0.2) is 0 Å². The van der Waals surface area contributed by atoms with Crippen LogP contribution in [0.5, 0.6) is 0 Å². The highest BCUT2D eigenvalue weighted by molar-refractivity contribution is 6.30. The van der Waals surface area contributed by atoms with Crippen molar-refractivity contribution in [2.24, 2.45) is 0 Å². The Morgan fingerprint density at radius 2 is 2.08 bits per heavy atom. The van der Waals surface area contributed by atoms with Crippen LogP contribution in [0.25, 0.3) is 0 Å². The summed E-state index contributed by atoms with van der Waals surface area (Å²) in [7, 11) is 0. The maximum Gasteiger partial charge on any atom is 0.0642 e. The number of hydrogen-bond acceptors (Lipinski definition) is 2. The van der Waals surface area contributed by atoms with Crippen LogP contribution >= 0.6 is 11.6 Å². The van der Waals surface area contributed by atoms with Crippen molar-refractivity contribution in [3.05, 3.63) is 29.3 Å². The predicted octanol–water partition coefficient (Wildman–Crippen LogP) is 1.98. The average molecular weight is 197 g/mol. The molecule has 0 unspecified atom stereocenters. The zero-order valence-electron chi connectivity index (χ0n) is 7.29. The van der Waals surface area contributed by atoms with Crippen molar-refractivity contribution < 1.29 is 4.74 Å². The normalized spacial score (nSPS) is 17.5. The number of ether oxygens (including phenoxy) is 1. The van der Waals surface area contributed by atoms with E-state index in [0.717, 1.165) is 37.0 Å². The first-order valence-electron chi connectivity index (χ1n) is 4.35. The van der Waals surface area contributed by atoms with E-state index in [1.54, 1.807) is 6.07 Å². The van der Waals surface area contributed by atoms with Crippen LogP contribution < -0.4 is 4.90 Å². The highest BCUT2D eigenvalue weighted by Gasteiger charge is 2.10. The molecule has 0 aliphatic carbocycles. The minimum absolute atomic E-state index is 0.740. The number of halogens is 1. The molecule has 0 spiro atoms. The third-order valence-electron chi connectivity index (χ3n) is 2.11. The van der Waals surface area contributed by atoms with Crippen LogP contribution in [0.3, 0.4) is 0 Å². The first kappa shape index (κ1) is 8.85. The molecule has 3 heteroatoms. The van der Waals surface area contributed by atoms with Crippen LogP contribution in [0.15, 0.2) is 18.2 Å². The Labute approximate surface area is 83.1 Å². The summed E-state index contributed by atoms with van der Waals surface area (Å²) in [5.74, 6) is 0. The highest BCUT2D eigenvalue weighted by Crippen LogP contribution is 2.19. The molecule has 0 atom stereocenters. The Bertz CT molecular complexity index is 284. The van der Waals surface area contributed by atoms with Crippen LogP contribution in [-0.4, -0.2) is 26.3 Å². The summed E-state index contributed by atoms with van der Waals surface area (Å²) in [6.45, 7) is 3.47. The van der Waals surface area contributed by atoms with Crippen LogP contribution in [0.2, 0.25) is 5.02 Å². The molecule has 2 rings (SSSR count). The Morgan fingerprint density at radius 1 is 1.31 bits per heavy atom. The lowest BCUT2D eigenvalue weighted by molar-refractivity contribution is 0.122. The summed E-state index contributed by atoms with van der Waals surface area (Å²) in [6, 6.07) is 8.70. The second-order valence-corrected chi connectivity index (χ2v) is 3.45. The van der Waals surface area contributed by atoms with Crippen LogP contribution in [-0.2, 0) is 4.74 Å². The average Bonchev–Trinajstić information content (AvgIpc) is 2.19. The summed E-state index contributed by atoms with van der Waals surface area (Å²) >= 11 is 5.87. The molecule has 0 amide bonds. The SMILES string of the molecule is Clc1c[c]cc(N2CCOCC2)c1. The summed E-state index contributed by atoms with van der Waals surface area (Å²) < 4.78 is 5.27. The summed E-state index contributed by atoms with van der Waals surface area (Å²) in [5, 5.41) is 0.740. The predicted molar refractivity (Wildman–Crippen MR) is 53.3 cm³/mol. The van der Waals surface area contributed by atoms with Crippen LogP contribution in [0.1, 0.15) is 0 Å². The molecule has 13 heavy (non-hydrogen) atoms. The Morgan fingerprint density at radius 3 is 2.77 bits per heavy atom. The van der Waals surface area contributed by atoms with Gasteiger partial charge in [0.2, 0.25) is 0 Å². The van der Waals surface area contributed by atoms with Crippen molar-refractivity contribution in [1.29, 1.82) is 0 Å². The van der Waals surface area contributed by atoms with Gasteiger partial charge in [-0.25, -0.2) is 0 Å². The fourth-order valence-electron chi connectivity index (χ4n) is 1.44. The van der Waals surface area contributed by atoms with Gasteiger partial charge in [0.25, 0.3) is 0 Å². The molecule has 0 bridgehead atoms. The van der Waals surface area contributed by atoms with Crippen molar-refractivity contribution >= 4 is 17.3 Å². The summed E-state index contributed by atoms with van der Waals surface area (Å²) in [6.07, 6.45) is 0. The molecule has 69 valence electrons. The Balaban J connectivity index is 2.14. The fourth-order valence-corrected chi connectivity index (χ4v) is 1.61. The summed E-state index contributed by atoms with van der Waals surface area (Å²) in [5.41, 5.74) is 1.14. The topological polar surface area (TPSA) is 12.5 Å². The largest absolute Gasteiger partial charge is 0.378 e. The number of morpholine rings is 1. The van der Waals surface area contributed by atoms with Crippen molar-refractivity contribution in [2.45, 2.75) is 0 Å². The molecular weight excluding hydrogens is 186 g/mol. The molecular formula is C10H11ClNO. The molecule has 1 aliphatic rings. The molecule has 1 fully saturated rings. The second kappa shape index (κ2) is 3.99. The van der Waals surface area contributed by atoms with Crippen molar-refractivity contribution in [1.82, 2.24) is 0 Å². The maximum absolute atomic E-state index is 5.87. The van der Waals surface area contributed by atoms with E-state index in [2.05, 4.69) is 11.0 Å². The first-order valence-corrected chi connectivity index (χ1v) is 4.73. The number of nitrogens with zero attached hydrogens (tertiary/aromatic N) is 1. The van der Waals surface area contributed by atoms with E-state index in [-0.39, 0.29) is 0 Å². The van der Waals surface area contributed by atoms with Crippen molar-refractivity contribution in [3.8, 4) is 0 Å². The minimum Gasteiger partial charge on any atom is -0.378 e. The minimum atomic E-state index is 0.740. The van der Waals surface area contributed by atoms with Crippen molar-refractivity contribution in [2.75, 3.05) is 31.2 Å². The van der Waals surface area contributed by atoms with Crippen molar-refractivity contribution in [3.63, 3.8) is 0 Å². The van der Waals surface area contributed by atoms with E-state index >= 15 is 0 Å². The number of rotatable bonds is 1. The van der Waals surface area contributed by atoms with Gasteiger partial charge in [0.05, 0.1) is 13.2 Å². The van der Waals surface area contributed by atoms with Gasteiger partial charge in [-0.3, -0.25) is 0 Å². The molecule has 1 saturated heterocycles. The molecule has 0 saturated carbocycles. The van der Waals surface area contributed by atoms with Gasteiger partial charge in [-0.1, -0.05) is 11.6 Å². The van der Waals surface area contributed by atoms with Gasteiger partial charge >= 0.3 is 0 Å². The third kappa shape index (κ3) is 2.14. The molecule has 0 N–H and O–H groups in total. The Hall–Kier alpha value is -0.730.